The van der Waals surface area contributed by atoms with Gasteiger partial charge in [0.15, 0.2) is 0 Å². The van der Waals surface area contributed by atoms with Gasteiger partial charge in [-0.3, -0.25) is 0 Å². The molecule has 3 aromatic rings. The summed E-state index contributed by atoms with van der Waals surface area (Å²) in [4.78, 5) is 16.1. The molecule has 0 bridgehead atoms. The largest absolute Gasteiger partial charge is 0.478 e. The minimum absolute atomic E-state index is 0.0722. The zero-order chi connectivity index (χ0) is 18.4. The highest BCUT2D eigenvalue weighted by Crippen LogP contribution is 2.32. The minimum atomic E-state index is -4.42. The number of hydrogen-bond acceptors (Lipinski definition) is 2. The number of pyridine rings is 1. The predicted molar refractivity (Wildman–Crippen MR) is 88.6 cm³/mol. The molecule has 25 heavy (non-hydrogen) atoms. The Hall–Kier alpha value is -2.89. The second-order valence-electron chi connectivity index (χ2n) is 5.84. The highest BCUT2D eigenvalue weighted by Gasteiger charge is 2.30. The lowest BCUT2D eigenvalue weighted by Gasteiger charge is -2.12. The Bertz CT molecular complexity index is 977. The van der Waals surface area contributed by atoms with Crippen LogP contribution in [0.4, 0.5) is 13.2 Å². The van der Waals surface area contributed by atoms with Gasteiger partial charge in [0, 0.05) is 10.9 Å². The molecule has 1 heterocycles. The second-order valence-corrected chi connectivity index (χ2v) is 5.84. The van der Waals surface area contributed by atoms with Crippen molar-refractivity contribution in [3.8, 4) is 11.3 Å². The van der Waals surface area contributed by atoms with Crippen molar-refractivity contribution in [2.45, 2.75) is 20.0 Å². The zero-order valence-corrected chi connectivity index (χ0v) is 13.5. The third-order valence-corrected chi connectivity index (χ3v) is 4.24. The number of halogens is 3. The first-order valence-electron chi connectivity index (χ1n) is 7.50. The quantitative estimate of drug-likeness (QED) is 0.691. The topological polar surface area (TPSA) is 50.2 Å². The standard InChI is InChI=1S/C19H14F3NO2/c1-10-3-8-14-15(18(24)25)9-16(23-17(14)11(10)2)12-4-6-13(7-5-12)19(20,21)22/h3-9H,1-2H3,(H,24,25). The number of carbonyl (C=O) groups is 1. The van der Waals surface area contributed by atoms with Crippen LogP contribution in [0.15, 0.2) is 42.5 Å². The lowest BCUT2D eigenvalue weighted by Crippen LogP contribution is -2.04. The molecule has 0 aliphatic carbocycles. The van der Waals surface area contributed by atoms with E-state index < -0.39 is 17.7 Å². The van der Waals surface area contributed by atoms with E-state index in [4.69, 9.17) is 0 Å². The number of aromatic carboxylic acids is 1. The maximum absolute atomic E-state index is 12.7. The van der Waals surface area contributed by atoms with Crippen molar-refractivity contribution in [2.24, 2.45) is 0 Å². The van der Waals surface area contributed by atoms with Crippen molar-refractivity contribution in [3.05, 3.63) is 64.7 Å². The van der Waals surface area contributed by atoms with Crippen molar-refractivity contribution >= 4 is 16.9 Å². The van der Waals surface area contributed by atoms with E-state index in [9.17, 15) is 23.1 Å². The van der Waals surface area contributed by atoms with Gasteiger partial charge in [0.25, 0.3) is 0 Å². The Morgan fingerprint density at radius 2 is 1.68 bits per heavy atom. The molecule has 1 aromatic heterocycles. The van der Waals surface area contributed by atoms with E-state index in [0.717, 1.165) is 23.3 Å². The number of nitrogens with zero attached hydrogens (tertiary/aromatic N) is 1. The monoisotopic (exact) mass is 345 g/mol. The average molecular weight is 345 g/mol. The van der Waals surface area contributed by atoms with Crippen molar-refractivity contribution in [3.63, 3.8) is 0 Å². The summed E-state index contributed by atoms with van der Waals surface area (Å²) >= 11 is 0. The van der Waals surface area contributed by atoms with Crippen LogP contribution >= 0.6 is 0 Å². The van der Waals surface area contributed by atoms with Crippen LogP contribution in [0, 0.1) is 13.8 Å². The van der Waals surface area contributed by atoms with Crippen LogP contribution in [-0.2, 0) is 6.18 Å². The lowest BCUT2D eigenvalue weighted by atomic mass is 9.99. The highest BCUT2D eigenvalue weighted by molar-refractivity contribution is 6.04. The smallest absolute Gasteiger partial charge is 0.416 e. The van der Waals surface area contributed by atoms with Crippen LogP contribution in [0.5, 0.6) is 0 Å². The molecule has 0 unspecified atom stereocenters. The van der Waals surface area contributed by atoms with Gasteiger partial charge >= 0.3 is 12.1 Å². The Morgan fingerprint density at radius 1 is 1.04 bits per heavy atom. The maximum Gasteiger partial charge on any atom is 0.416 e. The predicted octanol–water partition coefficient (Wildman–Crippen LogP) is 5.24. The van der Waals surface area contributed by atoms with E-state index in [0.29, 0.717) is 22.2 Å². The molecule has 0 aliphatic heterocycles. The van der Waals surface area contributed by atoms with Crippen molar-refractivity contribution in [1.29, 1.82) is 0 Å². The number of aromatic nitrogens is 1. The number of benzene rings is 2. The summed E-state index contributed by atoms with van der Waals surface area (Å²) in [5, 5.41) is 9.99. The lowest BCUT2D eigenvalue weighted by molar-refractivity contribution is -0.137. The van der Waals surface area contributed by atoms with Gasteiger partial charge in [-0.1, -0.05) is 24.3 Å². The number of aryl methyl sites for hydroxylation is 2. The normalized spacial score (nSPS) is 11.7. The summed E-state index contributed by atoms with van der Waals surface area (Å²) in [6, 6.07) is 9.44. The molecule has 0 radical (unpaired) electrons. The molecule has 0 spiro atoms. The molecule has 0 saturated heterocycles. The third-order valence-electron chi connectivity index (χ3n) is 4.24. The fraction of sp³-hybridized carbons (Fsp3) is 0.158. The van der Waals surface area contributed by atoms with Gasteiger partial charge in [-0.25, -0.2) is 9.78 Å². The number of fused-ring (bicyclic) bond motifs is 1. The van der Waals surface area contributed by atoms with Gasteiger partial charge in [0.1, 0.15) is 0 Å². The molecule has 128 valence electrons. The molecule has 3 nitrogen and oxygen atoms in total. The highest BCUT2D eigenvalue weighted by atomic mass is 19.4. The van der Waals surface area contributed by atoms with Gasteiger partial charge in [-0.05, 0) is 43.2 Å². The van der Waals surface area contributed by atoms with Crippen LogP contribution in [0.2, 0.25) is 0 Å². The van der Waals surface area contributed by atoms with Gasteiger partial charge < -0.3 is 5.11 Å². The minimum Gasteiger partial charge on any atom is -0.478 e. The van der Waals surface area contributed by atoms with Crippen molar-refractivity contribution in [1.82, 2.24) is 4.98 Å². The van der Waals surface area contributed by atoms with Crippen molar-refractivity contribution < 1.29 is 23.1 Å². The Balaban J connectivity index is 2.23. The summed E-state index contributed by atoms with van der Waals surface area (Å²) in [6.07, 6.45) is -4.42. The molecule has 0 fully saturated rings. The van der Waals surface area contributed by atoms with Crippen LogP contribution < -0.4 is 0 Å². The molecular formula is C19H14F3NO2. The SMILES string of the molecule is Cc1ccc2c(C(=O)O)cc(-c3ccc(C(F)(F)F)cc3)nc2c1C. The third kappa shape index (κ3) is 3.07. The Labute approximate surface area is 141 Å². The van der Waals surface area contributed by atoms with Gasteiger partial charge in [-0.15, -0.1) is 0 Å². The zero-order valence-electron chi connectivity index (χ0n) is 13.5. The molecule has 0 amide bonds. The molecule has 1 N–H and O–H groups in total. The number of carboxylic acids is 1. The Morgan fingerprint density at radius 3 is 2.24 bits per heavy atom. The fourth-order valence-corrected chi connectivity index (χ4v) is 2.68. The number of rotatable bonds is 2. The summed E-state index contributed by atoms with van der Waals surface area (Å²) in [6.45, 7) is 3.73. The summed E-state index contributed by atoms with van der Waals surface area (Å²) in [7, 11) is 0. The fourth-order valence-electron chi connectivity index (χ4n) is 2.68. The molecule has 0 aliphatic rings. The molecule has 3 rings (SSSR count). The van der Waals surface area contributed by atoms with E-state index in [-0.39, 0.29) is 5.56 Å². The number of carboxylic acid groups (broad SMARTS) is 1. The molecule has 2 aromatic carbocycles. The molecule has 0 saturated carbocycles. The van der Waals surface area contributed by atoms with Crippen LogP contribution in [0.25, 0.3) is 22.2 Å². The number of alkyl halides is 3. The van der Waals surface area contributed by atoms with E-state index in [1.54, 1.807) is 6.07 Å². The summed E-state index contributed by atoms with van der Waals surface area (Å²) in [5.74, 6) is -1.11. The van der Waals surface area contributed by atoms with Crippen LogP contribution in [0.1, 0.15) is 27.0 Å². The summed E-state index contributed by atoms with van der Waals surface area (Å²) in [5.41, 5.74) is 2.40. The van der Waals surface area contributed by atoms with E-state index in [2.05, 4.69) is 4.98 Å². The number of hydrogen-bond donors (Lipinski definition) is 1. The second kappa shape index (κ2) is 5.88. The Kier molecular flexibility index (Phi) is 3.99. The van der Waals surface area contributed by atoms with Gasteiger partial charge in [-0.2, -0.15) is 13.2 Å². The van der Waals surface area contributed by atoms with Gasteiger partial charge in [0.2, 0.25) is 0 Å². The average Bonchev–Trinajstić information content (AvgIpc) is 2.56. The van der Waals surface area contributed by atoms with E-state index in [1.807, 2.05) is 19.9 Å². The maximum atomic E-state index is 12.7. The first-order valence-corrected chi connectivity index (χ1v) is 7.50. The first kappa shape index (κ1) is 17.0. The molecule has 6 heteroatoms. The summed E-state index contributed by atoms with van der Waals surface area (Å²) < 4.78 is 38.1. The van der Waals surface area contributed by atoms with E-state index in [1.165, 1.54) is 18.2 Å². The first-order chi connectivity index (χ1) is 11.7. The van der Waals surface area contributed by atoms with Crippen molar-refractivity contribution in [2.75, 3.05) is 0 Å². The van der Waals surface area contributed by atoms with E-state index >= 15 is 0 Å². The van der Waals surface area contributed by atoms with Crippen LogP contribution in [-0.4, -0.2) is 16.1 Å². The van der Waals surface area contributed by atoms with Crippen LogP contribution in [0.3, 0.4) is 0 Å². The molecule has 0 atom stereocenters. The van der Waals surface area contributed by atoms with Gasteiger partial charge in [0.05, 0.1) is 22.3 Å². The molecular weight excluding hydrogens is 331 g/mol.